The summed E-state index contributed by atoms with van der Waals surface area (Å²) in [6.45, 7) is 4.47. The molecule has 1 atom stereocenters. The minimum Gasteiger partial charge on any atom is -0.311 e. The average molecular weight is 429 g/mol. The zero-order valence-electron chi connectivity index (χ0n) is 18.7. The molecule has 2 aromatic carbocycles. The molecule has 0 spiro atoms. The van der Waals surface area contributed by atoms with Crippen LogP contribution in [0.2, 0.25) is 0 Å². The van der Waals surface area contributed by atoms with Crippen LogP contribution in [-0.2, 0) is 0 Å². The minimum atomic E-state index is 0.454. The third kappa shape index (κ3) is 2.49. The van der Waals surface area contributed by atoms with Crippen molar-refractivity contribution >= 4 is 33.5 Å². The number of nitrogens with zero attached hydrogens (tertiary/aromatic N) is 4. The molecular weight excluding hydrogens is 404 g/mol. The minimum absolute atomic E-state index is 0.454. The van der Waals surface area contributed by atoms with Crippen LogP contribution in [-0.4, -0.2) is 18.7 Å². The van der Waals surface area contributed by atoms with Gasteiger partial charge >= 0.3 is 0 Å². The number of benzene rings is 2. The van der Waals surface area contributed by atoms with Gasteiger partial charge in [-0.1, -0.05) is 49.4 Å². The number of allylic oxidation sites excluding steroid dienone is 1. The summed E-state index contributed by atoms with van der Waals surface area (Å²) < 4.78 is 7.06. The number of hydrogen-bond donors (Lipinski definition) is 0. The van der Waals surface area contributed by atoms with Crippen molar-refractivity contribution in [2.24, 2.45) is 0 Å². The van der Waals surface area contributed by atoms with Gasteiger partial charge < -0.3 is 4.57 Å². The molecule has 0 radical (unpaired) electrons. The zero-order valence-corrected chi connectivity index (χ0v) is 18.7. The van der Waals surface area contributed by atoms with Crippen LogP contribution in [0.4, 0.5) is 0 Å². The first-order chi connectivity index (χ1) is 16.2. The molecule has 1 aliphatic rings. The molecule has 0 saturated heterocycles. The van der Waals surface area contributed by atoms with E-state index in [0.717, 1.165) is 28.7 Å². The smallest absolute Gasteiger partial charge is 0.116 e. The molecule has 4 aromatic heterocycles. The van der Waals surface area contributed by atoms with Gasteiger partial charge in [-0.2, -0.15) is 0 Å². The fourth-order valence-corrected chi connectivity index (χ4v) is 5.56. The first-order valence-electron chi connectivity index (χ1n) is 11.6. The lowest BCUT2D eigenvalue weighted by Gasteiger charge is -2.19. The van der Waals surface area contributed by atoms with Gasteiger partial charge in [0, 0.05) is 40.6 Å². The van der Waals surface area contributed by atoms with E-state index in [1.54, 1.807) is 0 Å². The van der Waals surface area contributed by atoms with Gasteiger partial charge in [-0.25, -0.2) is 4.68 Å². The van der Waals surface area contributed by atoms with Gasteiger partial charge in [0.1, 0.15) is 11.0 Å². The van der Waals surface area contributed by atoms with E-state index in [1.807, 2.05) is 12.3 Å². The Morgan fingerprint density at radius 1 is 0.909 bits per heavy atom. The van der Waals surface area contributed by atoms with Crippen LogP contribution >= 0.6 is 0 Å². The molecule has 4 heteroatoms. The van der Waals surface area contributed by atoms with Crippen molar-refractivity contribution in [1.29, 1.82) is 0 Å². The second-order valence-corrected chi connectivity index (χ2v) is 9.12. The summed E-state index contributed by atoms with van der Waals surface area (Å²) in [7, 11) is 0. The molecule has 33 heavy (non-hydrogen) atoms. The van der Waals surface area contributed by atoms with Gasteiger partial charge in [0.15, 0.2) is 0 Å². The third-order valence-corrected chi connectivity index (χ3v) is 6.95. The summed E-state index contributed by atoms with van der Waals surface area (Å²) in [5, 5.41) is 1.28. The maximum Gasteiger partial charge on any atom is 0.116 e. The molecule has 0 bridgehead atoms. The SMILES string of the molecule is Cc1cccc(-n2c3cccnc3c3c4c(cn32)c2c(n4-c3ccccc3)C(C)CC=C2)c1. The van der Waals surface area contributed by atoms with E-state index in [4.69, 9.17) is 4.98 Å². The Labute approximate surface area is 192 Å². The largest absolute Gasteiger partial charge is 0.311 e. The normalized spacial score (nSPS) is 15.6. The Kier molecular flexibility index (Phi) is 3.77. The molecule has 7 rings (SSSR count). The molecule has 0 fully saturated rings. The highest BCUT2D eigenvalue weighted by atomic mass is 15.4. The summed E-state index contributed by atoms with van der Waals surface area (Å²) in [5.41, 5.74) is 10.8. The Bertz CT molecular complexity index is 1710. The van der Waals surface area contributed by atoms with E-state index in [0.29, 0.717) is 5.92 Å². The average Bonchev–Trinajstić information content (AvgIpc) is 3.46. The summed E-state index contributed by atoms with van der Waals surface area (Å²) in [4.78, 5) is 4.89. The van der Waals surface area contributed by atoms with Crippen molar-refractivity contribution in [2.75, 3.05) is 0 Å². The molecule has 0 saturated carbocycles. The van der Waals surface area contributed by atoms with Crippen molar-refractivity contribution in [2.45, 2.75) is 26.2 Å². The van der Waals surface area contributed by atoms with Crippen LogP contribution in [0.15, 0.2) is 85.2 Å². The van der Waals surface area contributed by atoms with Crippen molar-refractivity contribution in [3.63, 3.8) is 0 Å². The highest BCUT2D eigenvalue weighted by molar-refractivity contribution is 6.12. The second-order valence-electron chi connectivity index (χ2n) is 9.12. The molecule has 1 aliphatic carbocycles. The van der Waals surface area contributed by atoms with Crippen LogP contribution in [0.1, 0.15) is 36.1 Å². The number of rotatable bonds is 2. The highest BCUT2D eigenvalue weighted by Gasteiger charge is 2.28. The number of aryl methyl sites for hydroxylation is 1. The Morgan fingerprint density at radius 2 is 1.76 bits per heavy atom. The first-order valence-corrected chi connectivity index (χ1v) is 11.6. The molecule has 0 aliphatic heterocycles. The van der Waals surface area contributed by atoms with Crippen molar-refractivity contribution < 1.29 is 0 Å². The van der Waals surface area contributed by atoms with Crippen LogP contribution < -0.4 is 0 Å². The lowest BCUT2D eigenvalue weighted by Crippen LogP contribution is -2.07. The van der Waals surface area contributed by atoms with Gasteiger partial charge in [-0.05, 0) is 55.3 Å². The Balaban J connectivity index is 1.71. The van der Waals surface area contributed by atoms with Crippen molar-refractivity contribution in [1.82, 2.24) is 18.7 Å². The number of para-hydroxylation sites is 1. The molecule has 6 aromatic rings. The lowest BCUT2D eigenvalue weighted by atomic mass is 9.93. The first kappa shape index (κ1) is 18.5. The molecule has 0 N–H and O–H groups in total. The highest BCUT2D eigenvalue weighted by Crippen LogP contribution is 2.43. The van der Waals surface area contributed by atoms with Crippen LogP contribution in [0.3, 0.4) is 0 Å². The number of hydrogen-bond acceptors (Lipinski definition) is 1. The predicted molar refractivity (Wildman–Crippen MR) is 136 cm³/mol. The topological polar surface area (TPSA) is 27.2 Å². The van der Waals surface area contributed by atoms with E-state index in [2.05, 4.69) is 107 Å². The van der Waals surface area contributed by atoms with E-state index in [1.165, 1.54) is 33.4 Å². The maximum atomic E-state index is 4.89. The number of aromatic nitrogens is 4. The third-order valence-electron chi connectivity index (χ3n) is 6.95. The Hall–Kier alpha value is -4.05. The van der Waals surface area contributed by atoms with Crippen molar-refractivity contribution in [3.05, 3.63) is 102 Å². The van der Waals surface area contributed by atoms with E-state index in [-0.39, 0.29) is 0 Å². The summed E-state index contributed by atoms with van der Waals surface area (Å²) in [5.74, 6) is 0.454. The Morgan fingerprint density at radius 3 is 2.61 bits per heavy atom. The summed E-state index contributed by atoms with van der Waals surface area (Å²) >= 11 is 0. The maximum absolute atomic E-state index is 4.89. The van der Waals surface area contributed by atoms with Crippen LogP contribution in [0, 0.1) is 6.92 Å². The van der Waals surface area contributed by atoms with Gasteiger partial charge in [0.2, 0.25) is 0 Å². The standard InChI is InChI=1S/C29H24N4/c1-19-9-6-13-22(17-19)33-25-15-8-16-30-26(25)29-28-24(18-31(29)33)23-14-7-10-20(2)27(23)32(28)21-11-4-3-5-12-21/h3-9,11-18,20H,10H2,1-2H3. The lowest BCUT2D eigenvalue weighted by molar-refractivity contribution is 0.723. The quantitative estimate of drug-likeness (QED) is 0.290. The fourth-order valence-electron chi connectivity index (χ4n) is 5.56. The molecule has 1 unspecified atom stereocenters. The van der Waals surface area contributed by atoms with Crippen molar-refractivity contribution in [3.8, 4) is 11.4 Å². The molecule has 160 valence electrons. The van der Waals surface area contributed by atoms with E-state index < -0.39 is 0 Å². The molecule has 0 amide bonds. The summed E-state index contributed by atoms with van der Waals surface area (Å²) in [6, 6.07) is 23.6. The van der Waals surface area contributed by atoms with Gasteiger partial charge in [-0.15, -0.1) is 0 Å². The number of pyridine rings is 1. The van der Waals surface area contributed by atoms with Gasteiger partial charge in [0.25, 0.3) is 0 Å². The predicted octanol–water partition coefficient (Wildman–Crippen LogP) is 7.05. The number of fused-ring (bicyclic) bond motifs is 7. The zero-order chi connectivity index (χ0) is 22.1. The van der Waals surface area contributed by atoms with Gasteiger partial charge in [0.05, 0.1) is 16.7 Å². The van der Waals surface area contributed by atoms with E-state index >= 15 is 0 Å². The monoisotopic (exact) mass is 428 g/mol. The van der Waals surface area contributed by atoms with E-state index in [9.17, 15) is 0 Å². The summed E-state index contributed by atoms with van der Waals surface area (Å²) in [6.07, 6.45) is 9.89. The van der Waals surface area contributed by atoms with Crippen LogP contribution in [0.25, 0.3) is 44.9 Å². The van der Waals surface area contributed by atoms with Crippen LogP contribution in [0.5, 0.6) is 0 Å². The fraction of sp³-hybridized carbons (Fsp3) is 0.138. The molecule has 4 heterocycles. The van der Waals surface area contributed by atoms with Gasteiger partial charge in [-0.3, -0.25) is 9.50 Å². The molecular formula is C29H24N4. The second kappa shape index (κ2) is 6.72. The molecule has 4 nitrogen and oxygen atoms in total.